The Labute approximate surface area is 155 Å². The number of rotatable bonds is 10. The molecule has 0 saturated carbocycles. The highest BCUT2D eigenvalue weighted by atomic mass is 16.5. The summed E-state index contributed by atoms with van der Waals surface area (Å²) in [5.41, 5.74) is 1.51. The van der Waals surface area contributed by atoms with E-state index in [0.29, 0.717) is 0 Å². The van der Waals surface area contributed by atoms with Crippen LogP contribution in [0.15, 0.2) is 30.3 Å². The van der Waals surface area contributed by atoms with Gasteiger partial charge < -0.3 is 15.0 Å². The van der Waals surface area contributed by atoms with Gasteiger partial charge in [0.25, 0.3) is 0 Å². The molecule has 0 aromatic heterocycles. The number of ether oxygens (including phenoxy) is 1. The van der Waals surface area contributed by atoms with E-state index in [-0.39, 0.29) is 5.60 Å². The molecule has 0 unspecified atom stereocenters. The Kier molecular flexibility index (Phi) is 8.41. The molecule has 1 fully saturated rings. The fourth-order valence-corrected chi connectivity index (χ4v) is 4.04. The summed E-state index contributed by atoms with van der Waals surface area (Å²) in [6.45, 7) is 8.82. The fourth-order valence-electron chi connectivity index (χ4n) is 4.04. The van der Waals surface area contributed by atoms with Crippen LogP contribution in [-0.2, 0) is 11.2 Å². The average molecular weight is 347 g/mol. The Morgan fingerprint density at radius 3 is 2.64 bits per heavy atom. The number of benzene rings is 1. The van der Waals surface area contributed by atoms with E-state index in [1.807, 2.05) is 0 Å². The van der Waals surface area contributed by atoms with Gasteiger partial charge in [-0.2, -0.15) is 0 Å². The van der Waals surface area contributed by atoms with Crippen LogP contribution >= 0.6 is 0 Å². The van der Waals surface area contributed by atoms with Gasteiger partial charge in [-0.25, -0.2) is 0 Å². The minimum absolute atomic E-state index is 0.0387. The van der Waals surface area contributed by atoms with E-state index in [2.05, 4.69) is 68.5 Å². The van der Waals surface area contributed by atoms with Crippen molar-refractivity contribution >= 4 is 0 Å². The molecule has 1 aliphatic rings. The van der Waals surface area contributed by atoms with Crippen molar-refractivity contribution in [3.8, 4) is 0 Å². The Bertz CT molecular complexity index is 472. The summed E-state index contributed by atoms with van der Waals surface area (Å²) in [5, 5.41) is 3.66. The number of hydrogen-bond acceptors (Lipinski definition) is 3. The molecular weight excluding hydrogens is 308 g/mol. The van der Waals surface area contributed by atoms with E-state index in [0.717, 1.165) is 38.1 Å². The molecule has 25 heavy (non-hydrogen) atoms. The summed E-state index contributed by atoms with van der Waals surface area (Å²) in [5.74, 6) is 1.51. The molecular formula is C22H38N2O. The van der Waals surface area contributed by atoms with Crippen molar-refractivity contribution < 1.29 is 4.74 Å². The Morgan fingerprint density at radius 2 is 1.96 bits per heavy atom. The monoisotopic (exact) mass is 346 g/mol. The van der Waals surface area contributed by atoms with Crippen molar-refractivity contribution in [1.82, 2.24) is 10.2 Å². The molecule has 1 aromatic carbocycles. The highest BCUT2D eigenvalue weighted by Gasteiger charge is 2.33. The third-order valence-corrected chi connectivity index (χ3v) is 5.39. The summed E-state index contributed by atoms with van der Waals surface area (Å²) in [7, 11) is 4.28. The Hall–Kier alpha value is -0.900. The zero-order chi connectivity index (χ0) is 18.1. The van der Waals surface area contributed by atoms with Crippen LogP contribution in [-0.4, -0.2) is 50.8 Å². The zero-order valence-corrected chi connectivity index (χ0v) is 16.8. The summed E-state index contributed by atoms with van der Waals surface area (Å²) >= 11 is 0. The number of hydrogen-bond donors (Lipinski definition) is 1. The first-order valence-corrected chi connectivity index (χ1v) is 9.99. The maximum absolute atomic E-state index is 5.96. The van der Waals surface area contributed by atoms with Crippen LogP contribution in [0, 0.1) is 11.8 Å². The third-order valence-electron chi connectivity index (χ3n) is 5.39. The van der Waals surface area contributed by atoms with Gasteiger partial charge in [0.1, 0.15) is 0 Å². The lowest BCUT2D eigenvalue weighted by atomic mass is 9.75. The highest BCUT2D eigenvalue weighted by Crippen LogP contribution is 2.36. The second-order valence-corrected chi connectivity index (χ2v) is 8.51. The number of nitrogens with one attached hydrogen (secondary N) is 1. The van der Waals surface area contributed by atoms with Gasteiger partial charge in [0.15, 0.2) is 0 Å². The van der Waals surface area contributed by atoms with Crippen molar-refractivity contribution in [2.75, 3.05) is 40.3 Å². The minimum atomic E-state index is 0.0387. The molecule has 0 spiro atoms. The molecule has 1 aromatic rings. The second kappa shape index (κ2) is 10.3. The van der Waals surface area contributed by atoms with Crippen LogP contribution in [0.25, 0.3) is 0 Å². The SMILES string of the molecule is CN(C)CCCNCC[C@@H](Cc1ccccc1)[C@H]1CCOC(C)(C)C1. The van der Waals surface area contributed by atoms with Crippen molar-refractivity contribution in [2.45, 2.75) is 51.6 Å². The summed E-state index contributed by atoms with van der Waals surface area (Å²) in [6, 6.07) is 11.0. The van der Waals surface area contributed by atoms with Gasteiger partial charge in [-0.05, 0) is 97.1 Å². The molecule has 3 heteroatoms. The van der Waals surface area contributed by atoms with Crippen molar-refractivity contribution in [3.63, 3.8) is 0 Å². The Balaban J connectivity index is 1.86. The lowest BCUT2D eigenvalue weighted by Crippen LogP contribution is -2.38. The third kappa shape index (κ3) is 7.89. The van der Waals surface area contributed by atoms with Crippen LogP contribution in [0.3, 0.4) is 0 Å². The normalized spacial score (nSPS) is 21.4. The van der Waals surface area contributed by atoms with Crippen LogP contribution < -0.4 is 5.32 Å². The molecule has 1 heterocycles. The first-order valence-electron chi connectivity index (χ1n) is 9.99. The topological polar surface area (TPSA) is 24.5 Å². The minimum Gasteiger partial charge on any atom is -0.376 e. The molecule has 142 valence electrons. The first kappa shape index (κ1) is 20.4. The van der Waals surface area contributed by atoms with E-state index in [4.69, 9.17) is 4.74 Å². The van der Waals surface area contributed by atoms with Gasteiger partial charge in [-0.15, -0.1) is 0 Å². The Morgan fingerprint density at radius 1 is 1.20 bits per heavy atom. The maximum Gasteiger partial charge on any atom is 0.0629 e. The van der Waals surface area contributed by atoms with Gasteiger partial charge in [-0.1, -0.05) is 30.3 Å². The molecule has 1 aliphatic heterocycles. The fraction of sp³-hybridized carbons (Fsp3) is 0.727. The predicted octanol–water partition coefficient (Wildman–Crippen LogP) is 3.98. The molecule has 0 radical (unpaired) electrons. The van der Waals surface area contributed by atoms with Gasteiger partial charge in [0.2, 0.25) is 0 Å². The summed E-state index contributed by atoms with van der Waals surface area (Å²) in [6.07, 6.45) is 6.08. The van der Waals surface area contributed by atoms with Crippen LogP contribution in [0.2, 0.25) is 0 Å². The molecule has 0 aliphatic carbocycles. The van der Waals surface area contributed by atoms with Gasteiger partial charge in [0.05, 0.1) is 5.60 Å². The predicted molar refractivity (Wildman–Crippen MR) is 107 cm³/mol. The lowest BCUT2D eigenvalue weighted by molar-refractivity contribution is -0.0830. The smallest absolute Gasteiger partial charge is 0.0629 e. The standard InChI is InChI=1S/C22H38N2O/c1-22(2)18-21(12-16-25-22)20(17-19-9-6-5-7-10-19)11-14-23-13-8-15-24(3)4/h5-7,9-10,20-21,23H,8,11-18H2,1-4H3/t20-,21-/m0/s1. The highest BCUT2D eigenvalue weighted by molar-refractivity contribution is 5.15. The van der Waals surface area contributed by atoms with E-state index in [9.17, 15) is 0 Å². The van der Waals surface area contributed by atoms with Crippen molar-refractivity contribution in [3.05, 3.63) is 35.9 Å². The molecule has 2 atom stereocenters. The van der Waals surface area contributed by atoms with Crippen LogP contribution in [0.1, 0.15) is 45.1 Å². The van der Waals surface area contributed by atoms with E-state index >= 15 is 0 Å². The van der Waals surface area contributed by atoms with Crippen LogP contribution in [0.4, 0.5) is 0 Å². The van der Waals surface area contributed by atoms with E-state index in [1.54, 1.807) is 0 Å². The first-order chi connectivity index (χ1) is 12.0. The van der Waals surface area contributed by atoms with Crippen molar-refractivity contribution in [2.24, 2.45) is 11.8 Å². The summed E-state index contributed by atoms with van der Waals surface area (Å²) in [4.78, 5) is 2.25. The van der Waals surface area contributed by atoms with E-state index in [1.165, 1.54) is 37.7 Å². The van der Waals surface area contributed by atoms with E-state index < -0.39 is 0 Å². The molecule has 2 rings (SSSR count). The van der Waals surface area contributed by atoms with Gasteiger partial charge in [-0.3, -0.25) is 0 Å². The lowest BCUT2D eigenvalue weighted by Gasteiger charge is -2.39. The van der Waals surface area contributed by atoms with Gasteiger partial charge in [0, 0.05) is 6.61 Å². The molecule has 1 saturated heterocycles. The molecule has 3 nitrogen and oxygen atoms in total. The molecule has 0 amide bonds. The zero-order valence-electron chi connectivity index (χ0n) is 16.8. The van der Waals surface area contributed by atoms with Crippen LogP contribution in [0.5, 0.6) is 0 Å². The summed E-state index contributed by atoms with van der Waals surface area (Å²) < 4.78 is 5.96. The largest absolute Gasteiger partial charge is 0.376 e. The average Bonchev–Trinajstić information content (AvgIpc) is 2.56. The van der Waals surface area contributed by atoms with Crippen molar-refractivity contribution in [1.29, 1.82) is 0 Å². The maximum atomic E-state index is 5.96. The molecule has 0 bridgehead atoms. The number of nitrogens with zero attached hydrogens (tertiary/aromatic N) is 1. The quantitative estimate of drug-likeness (QED) is 0.649. The second-order valence-electron chi connectivity index (χ2n) is 8.51. The molecule has 1 N–H and O–H groups in total. The van der Waals surface area contributed by atoms with Gasteiger partial charge >= 0.3 is 0 Å².